The molecule has 7 heteroatoms. The topological polar surface area (TPSA) is 83.5 Å². The van der Waals surface area contributed by atoms with Crippen molar-refractivity contribution in [3.05, 3.63) is 28.8 Å². The molecule has 0 spiro atoms. The van der Waals surface area contributed by atoms with Gasteiger partial charge in [0.15, 0.2) is 0 Å². The number of hydrogen-bond acceptors (Lipinski definition) is 3. The average molecular weight is 278 g/mol. The van der Waals surface area contributed by atoms with Crippen molar-refractivity contribution in [3.63, 3.8) is 0 Å². The van der Waals surface area contributed by atoms with Crippen LogP contribution in [0.2, 0.25) is 5.02 Å². The summed E-state index contributed by atoms with van der Waals surface area (Å²) in [5, 5.41) is 9.00. The maximum atomic E-state index is 11.0. The summed E-state index contributed by atoms with van der Waals surface area (Å²) in [6, 6.07) is 4.41. The van der Waals surface area contributed by atoms with E-state index >= 15 is 0 Å². The fraction of sp³-hybridized carbons (Fsp3) is 0.300. The van der Waals surface area contributed by atoms with Crippen LogP contribution in [0.15, 0.2) is 18.2 Å². The molecule has 1 aromatic carbocycles. The third kappa shape index (κ3) is 3.90. The Labute approximate surface area is 104 Å². The van der Waals surface area contributed by atoms with Gasteiger partial charge in [-0.05, 0) is 24.6 Å². The van der Waals surface area contributed by atoms with Crippen LogP contribution >= 0.6 is 11.6 Å². The first kappa shape index (κ1) is 13.8. The van der Waals surface area contributed by atoms with Gasteiger partial charge >= 0.3 is 5.97 Å². The lowest BCUT2D eigenvalue weighted by Crippen LogP contribution is -2.11. The van der Waals surface area contributed by atoms with Crippen LogP contribution in [0.4, 0.5) is 5.69 Å². The van der Waals surface area contributed by atoms with Gasteiger partial charge in [0.25, 0.3) is 0 Å². The predicted octanol–water partition coefficient (Wildman–Crippen LogP) is 1.90. The smallest absolute Gasteiger partial charge is 0.310 e. The second-order valence-corrected chi connectivity index (χ2v) is 5.83. The van der Waals surface area contributed by atoms with E-state index in [9.17, 15) is 13.2 Å². The summed E-state index contributed by atoms with van der Waals surface area (Å²) in [7, 11) is -3.40. The molecule has 0 aliphatic heterocycles. The van der Waals surface area contributed by atoms with Crippen molar-refractivity contribution in [2.75, 3.05) is 11.0 Å². The number of aliphatic carboxylic acids is 1. The van der Waals surface area contributed by atoms with E-state index in [-0.39, 0.29) is 10.7 Å². The van der Waals surface area contributed by atoms with Gasteiger partial charge in [0, 0.05) is 0 Å². The molecular formula is C10H12ClNO4S. The first-order chi connectivity index (χ1) is 7.70. The lowest BCUT2D eigenvalue weighted by atomic mass is 10.0. The fourth-order valence-corrected chi connectivity index (χ4v) is 2.10. The third-order valence-electron chi connectivity index (χ3n) is 2.16. The molecule has 2 N–H and O–H groups in total. The highest BCUT2D eigenvalue weighted by molar-refractivity contribution is 7.92. The SMILES string of the molecule is C[C@@H](C(=O)O)c1ccc(NS(C)(=O)=O)c(Cl)c1. The quantitative estimate of drug-likeness (QED) is 0.880. The Morgan fingerprint density at radius 1 is 1.47 bits per heavy atom. The molecule has 0 amide bonds. The molecule has 0 aromatic heterocycles. The Balaban J connectivity index is 3.06. The number of anilines is 1. The van der Waals surface area contributed by atoms with Gasteiger partial charge in [-0.2, -0.15) is 0 Å². The van der Waals surface area contributed by atoms with Crippen LogP contribution in [0.5, 0.6) is 0 Å². The minimum absolute atomic E-state index is 0.168. The van der Waals surface area contributed by atoms with E-state index in [4.69, 9.17) is 16.7 Å². The Bertz CT molecular complexity index is 541. The number of nitrogens with one attached hydrogen (secondary N) is 1. The molecule has 0 heterocycles. The summed E-state index contributed by atoms with van der Waals surface area (Å²) in [6.45, 7) is 1.53. The number of hydrogen-bond donors (Lipinski definition) is 2. The molecule has 5 nitrogen and oxygen atoms in total. The highest BCUT2D eigenvalue weighted by Gasteiger charge is 2.15. The van der Waals surface area contributed by atoms with Gasteiger partial charge < -0.3 is 5.11 Å². The number of halogens is 1. The van der Waals surface area contributed by atoms with Crippen molar-refractivity contribution >= 4 is 33.3 Å². The predicted molar refractivity (Wildman–Crippen MR) is 66.0 cm³/mol. The van der Waals surface area contributed by atoms with E-state index in [1.807, 2.05) is 0 Å². The molecule has 0 saturated carbocycles. The van der Waals surface area contributed by atoms with Gasteiger partial charge in [-0.1, -0.05) is 17.7 Å². The maximum absolute atomic E-state index is 11.0. The zero-order valence-electron chi connectivity index (χ0n) is 9.27. The first-order valence-corrected chi connectivity index (χ1v) is 6.97. The summed E-state index contributed by atoms with van der Waals surface area (Å²) in [6.07, 6.45) is 1.01. The van der Waals surface area contributed by atoms with Gasteiger partial charge in [0.1, 0.15) is 0 Å². The van der Waals surface area contributed by atoms with Gasteiger partial charge in [-0.15, -0.1) is 0 Å². The second kappa shape index (κ2) is 4.93. The largest absolute Gasteiger partial charge is 0.481 e. The molecule has 0 aliphatic carbocycles. The van der Waals surface area contributed by atoms with Crippen molar-refractivity contribution < 1.29 is 18.3 Å². The zero-order chi connectivity index (χ0) is 13.2. The van der Waals surface area contributed by atoms with Crippen molar-refractivity contribution in [2.24, 2.45) is 0 Å². The van der Waals surface area contributed by atoms with Crippen LogP contribution in [0.25, 0.3) is 0 Å². The van der Waals surface area contributed by atoms with Crippen molar-refractivity contribution in [2.45, 2.75) is 12.8 Å². The second-order valence-electron chi connectivity index (χ2n) is 3.67. The zero-order valence-corrected chi connectivity index (χ0v) is 10.8. The summed E-state index contributed by atoms with van der Waals surface area (Å²) < 4.78 is 24.3. The van der Waals surface area contributed by atoms with E-state index < -0.39 is 21.9 Å². The van der Waals surface area contributed by atoms with E-state index in [0.29, 0.717) is 5.56 Å². The lowest BCUT2D eigenvalue weighted by Gasteiger charge is -2.10. The minimum atomic E-state index is -3.40. The van der Waals surface area contributed by atoms with E-state index in [2.05, 4.69) is 4.72 Å². The van der Waals surface area contributed by atoms with Crippen LogP contribution in [-0.4, -0.2) is 25.7 Å². The van der Waals surface area contributed by atoms with Crippen LogP contribution in [0, 0.1) is 0 Å². The number of benzene rings is 1. The highest BCUT2D eigenvalue weighted by atomic mass is 35.5. The molecule has 0 radical (unpaired) electrons. The summed E-state index contributed by atoms with van der Waals surface area (Å²) in [5.41, 5.74) is 0.747. The molecule has 1 rings (SSSR count). The van der Waals surface area contributed by atoms with Crippen molar-refractivity contribution in [1.29, 1.82) is 0 Å². The Kier molecular flexibility index (Phi) is 4.00. The fourth-order valence-electron chi connectivity index (χ4n) is 1.23. The number of carboxylic acid groups (broad SMARTS) is 1. The molecule has 0 aliphatic rings. The average Bonchev–Trinajstić information content (AvgIpc) is 2.18. The van der Waals surface area contributed by atoms with E-state index in [0.717, 1.165) is 6.26 Å². The molecule has 0 saturated heterocycles. The monoisotopic (exact) mass is 277 g/mol. The van der Waals surface area contributed by atoms with Crippen LogP contribution in [0.3, 0.4) is 0 Å². The van der Waals surface area contributed by atoms with E-state index in [1.54, 1.807) is 0 Å². The Hall–Kier alpha value is -1.27. The van der Waals surface area contributed by atoms with Gasteiger partial charge in [0.05, 0.1) is 22.9 Å². The maximum Gasteiger partial charge on any atom is 0.310 e. The molecular weight excluding hydrogens is 266 g/mol. The highest BCUT2D eigenvalue weighted by Crippen LogP contribution is 2.27. The number of rotatable bonds is 4. The third-order valence-corrected chi connectivity index (χ3v) is 3.06. The standard InChI is InChI=1S/C10H12ClNO4S/c1-6(10(13)14)7-3-4-9(8(11)5-7)12-17(2,15)16/h3-6,12H,1-2H3,(H,13,14)/t6-/m1/s1. The normalized spacial score (nSPS) is 13.1. The molecule has 1 aromatic rings. The molecule has 94 valence electrons. The van der Waals surface area contributed by atoms with Crippen LogP contribution in [-0.2, 0) is 14.8 Å². The molecule has 0 unspecified atom stereocenters. The number of sulfonamides is 1. The van der Waals surface area contributed by atoms with Crippen LogP contribution < -0.4 is 4.72 Å². The lowest BCUT2D eigenvalue weighted by molar-refractivity contribution is -0.138. The van der Waals surface area contributed by atoms with Crippen LogP contribution in [0.1, 0.15) is 18.4 Å². The summed E-state index contributed by atoms with van der Waals surface area (Å²) >= 11 is 5.86. The first-order valence-electron chi connectivity index (χ1n) is 4.71. The van der Waals surface area contributed by atoms with E-state index in [1.165, 1.54) is 25.1 Å². The Morgan fingerprint density at radius 3 is 2.47 bits per heavy atom. The van der Waals surface area contributed by atoms with Gasteiger partial charge in [0.2, 0.25) is 10.0 Å². The summed E-state index contributed by atoms with van der Waals surface area (Å²) in [5.74, 6) is -1.66. The molecule has 0 bridgehead atoms. The number of carbonyl (C=O) groups is 1. The van der Waals surface area contributed by atoms with Gasteiger partial charge in [-0.3, -0.25) is 9.52 Å². The molecule has 1 atom stereocenters. The number of carboxylic acids is 1. The Morgan fingerprint density at radius 2 is 2.06 bits per heavy atom. The van der Waals surface area contributed by atoms with Gasteiger partial charge in [-0.25, -0.2) is 8.42 Å². The molecule has 17 heavy (non-hydrogen) atoms. The van der Waals surface area contributed by atoms with Crippen molar-refractivity contribution in [1.82, 2.24) is 0 Å². The minimum Gasteiger partial charge on any atom is -0.481 e. The molecule has 0 fully saturated rings. The summed E-state index contributed by atoms with van der Waals surface area (Å²) in [4.78, 5) is 10.8. The van der Waals surface area contributed by atoms with Crippen molar-refractivity contribution in [3.8, 4) is 0 Å².